The predicted octanol–water partition coefficient (Wildman–Crippen LogP) is 5.75. The van der Waals surface area contributed by atoms with Crippen molar-refractivity contribution < 1.29 is 0 Å². The summed E-state index contributed by atoms with van der Waals surface area (Å²) >= 11 is 0. The molecule has 0 aliphatic carbocycles. The Morgan fingerprint density at radius 1 is 0.735 bits per heavy atom. The lowest BCUT2D eigenvalue weighted by Gasteiger charge is -2.11. The molecule has 2 saturated heterocycles. The first-order valence-electron chi connectivity index (χ1n) is 12.6. The van der Waals surface area contributed by atoms with Crippen LogP contribution in [0.1, 0.15) is 49.5 Å². The van der Waals surface area contributed by atoms with Crippen LogP contribution in [0.25, 0.3) is 38.5 Å². The molecule has 0 saturated carbocycles. The molecular weight excluding hydrogens is 418 g/mol. The van der Waals surface area contributed by atoms with E-state index in [9.17, 15) is 0 Å². The van der Waals surface area contributed by atoms with E-state index < -0.39 is 0 Å². The van der Waals surface area contributed by atoms with E-state index in [0.29, 0.717) is 12.1 Å². The van der Waals surface area contributed by atoms with Crippen LogP contribution in [-0.4, -0.2) is 34.8 Å². The highest BCUT2D eigenvalue weighted by Gasteiger charge is 2.24. The molecular formula is C29H29N5. The van der Waals surface area contributed by atoms with E-state index in [1.54, 1.807) is 0 Å². The molecule has 0 radical (unpaired) electrons. The number of nitrogens with one attached hydrogen (secondary N) is 3. The first kappa shape index (κ1) is 20.1. The van der Waals surface area contributed by atoms with Crippen molar-refractivity contribution in [2.75, 3.05) is 13.1 Å². The molecule has 5 heteroatoms. The van der Waals surface area contributed by atoms with Crippen LogP contribution in [0.4, 0.5) is 0 Å². The topological polar surface area (TPSA) is 65.1 Å². The summed E-state index contributed by atoms with van der Waals surface area (Å²) in [5.41, 5.74) is 8.50. The summed E-state index contributed by atoms with van der Waals surface area (Å²) in [6.07, 6.45) is 7.87. The molecule has 3 aliphatic rings. The number of fused-ring (bicyclic) bond motifs is 2. The molecule has 4 heterocycles. The number of aromatic amines is 1. The average molecular weight is 448 g/mol. The molecule has 5 nitrogen and oxygen atoms in total. The smallest absolute Gasteiger partial charge is 0.124 e. The zero-order chi connectivity index (χ0) is 22.5. The third kappa shape index (κ3) is 3.56. The van der Waals surface area contributed by atoms with Gasteiger partial charge in [-0.2, -0.15) is 0 Å². The lowest BCUT2D eigenvalue weighted by atomic mass is 9.95. The molecule has 3 aliphatic heterocycles. The monoisotopic (exact) mass is 447 g/mol. The molecule has 0 spiro atoms. The molecule has 0 unspecified atom stereocenters. The highest BCUT2D eigenvalue weighted by Crippen LogP contribution is 2.32. The van der Waals surface area contributed by atoms with Crippen molar-refractivity contribution in [2.24, 2.45) is 4.99 Å². The van der Waals surface area contributed by atoms with Crippen LogP contribution in [0, 0.1) is 0 Å². The summed E-state index contributed by atoms with van der Waals surface area (Å²) in [5.74, 6) is 1.06. The van der Waals surface area contributed by atoms with Crippen LogP contribution in [-0.2, 0) is 0 Å². The molecule has 1 aromatic heterocycles. The van der Waals surface area contributed by atoms with Crippen molar-refractivity contribution in [1.82, 2.24) is 20.6 Å². The third-order valence-electron chi connectivity index (χ3n) is 7.66. The molecule has 2 fully saturated rings. The standard InChI is InChI=1S/C29H29N5/c1-3-24(30-11-1)27-16-23(17-32-27)21-8-7-18-13-20(6-5-19(18)14-21)22-9-10-25-28(15-22)34-29(33-25)26-4-2-12-31-26/h5-10,13-15,17,24,26,30-31H,1-4,11-12,16H2,(H,33,34)/t24-,26-/m0/s1. The summed E-state index contributed by atoms with van der Waals surface area (Å²) in [5, 5.41) is 9.64. The Hall–Kier alpha value is -3.28. The van der Waals surface area contributed by atoms with E-state index in [4.69, 9.17) is 9.98 Å². The number of aliphatic imine (C=N–C) groups is 1. The van der Waals surface area contributed by atoms with Crippen molar-refractivity contribution in [1.29, 1.82) is 0 Å². The molecule has 3 aromatic carbocycles. The second kappa shape index (κ2) is 8.19. The summed E-state index contributed by atoms with van der Waals surface area (Å²) in [4.78, 5) is 13.1. The highest BCUT2D eigenvalue weighted by atomic mass is 15.0. The van der Waals surface area contributed by atoms with E-state index >= 15 is 0 Å². The van der Waals surface area contributed by atoms with Crippen molar-refractivity contribution in [3.8, 4) is 11.1 Å². The largest absolute Gasteiger partial charge is 0.341 e. The first-order valence-corrected chi connectivity index (χ1v) is 12.6. The quantitative estimate of drug-likeness (QED) is 0.373. The minimum absolute atomic E-state index is 0.358. The van der Waals surface area contributed by atoms with Gasteiger partial charge in [0.15, 0.2) is 0 Å². The molecule has 7 rings (SSSR count). The Balaban J connectivity index is 1.14. The molecule has 4 aromatic rings. The number of nitrogens with zero attached hydrogens (tertiary/aromatic N) is 2. The van der Waals surface area contributed by atoms with Crippen molar-refractivity contribution in [3.63, 3.8) is 0 Å². The van der Waals surface area contributed by atoms with Crippen LogP contribution in [0.5, 0.6) is 0 Å². The van der Waals surface area contributed by atoms with Gasteiger partial charge in [-0.25, -0.2) is 4.98 Å². The average Bonchev–Trinajstić information content (AvgIpc) is 3.69. The third-order valence-corrected chi connectivity index (χ3v) is 7.66. The minimum Gasteiger partial charge on any atom is -0.341 e. The van der Waals surface area contributed by atoms with Gasteiger partial charge in [0.1, 0.15) is 5.82 Å². The fourth-order valence-corrected chi connectivity index (χ4v) is 5.72. The number of allylic oxidation sites excluding steroid dienone is 1. The van der Waals surface area contributed by atoms with Gasteiger partial charge >= 0.3 is 0 Å². The molecule has 170 valence electrons. The highest BCUT2D eigenvalue weighted by molar-refractivity contribution is 6.02. The van der Waals surface area contributed by atoms with Gasteiger partial charge in [0.05, 0.1) is 17.1 Å². The van der Waals surface area contributed by atoms with Crippen molar-refractivity contribution in [2.45, 2.75) is 44.2 Å². The van der Waals surface area contributed by atoms with Gasteiger partial charge in [-0.1, -0.05) is 30.3 Å². The fourth-order valence-electron chi connectivity index (χ4n) is 5.72. The number of benzene rings is 3. The lowest BCUT2D eigenvalue weighted by Crippen LogP contribution is -2.29. The molecule has 2 atom stereocenters. The van der Waals surface area contributed by atoms with Crippen molar-refractivity contribution >= 4 is 33.1 Å². The predicted molar refractivity (Wildman–Crippen MR) is 140 cm³/mol. The van der Waals surface area contributed by atoms with E-state index in [2.05, 4.69) is 76.4 Å². The van der Waals surface area contributed by atoms with Gasteiger partial charge in [-0.15, -0.1) is 0 Å². The fraction of sp³-hybridized carbons (Fsp3) is 0.310. The Morgan fingerprint density at radius 2 is 1.44 bits per heavy atom. The van der Waals surface area contributed by atoms with Gasteiger partial charge in [-0.05, 0) is 96.1 Å². The zero-order valence-corrected chi connectivity index (χ0v) is 19.3. The Morgan fingerprint density at radius 3 is 2.24 bits per heavy atom. The number of H-pyrrole nitrogens is 1. The molecule has 0 amide bonds. The van der Waals surface area contributed by atoms with E-state index in [1.165, 1.54) is 58.0 Å². The summed E-state index contributed by atoms with van der Waals surface area (Å²) in [6, 6.07) is 21.0. The maximum absolute atomic E-state index is 4.82. The van der Waals surface area contributed by atoms with Gasteiger partial charge in [0.25, 0.3) is 0 Å². The van der Waals surface area contributed by atoms with Crippen LogP contribution in [0.15, 0.2) is 65.8 Å². The van der Waals surface area contributed by atoms with Gasteiger partial charge in [0, 0.05) is 24.4 Å². The van der Waals surface area contributed by atoms with Crippen LogP contribution < -0.4 is 10.6 Å². The Bertz CT molecular complexity index is 1450. The van der Waals surface area contributed by atoms with Crippen LogP contribution in [0.3, 0.4) is 0 Å². The van der Waals surface area contributed by atoms with E-state index in [0.717, 1.165) is 42.8 Å². The maximum Gasteiger partial charge on any atom is 0.124 e. The summed E-state index contributed by atoms with van der Waals surface area (Å²) < 4.78 is 0. The second-order valence-corrected chi connectivity index (χ2v) is 9.88. The van der Waals surface area contributed by atoms with Crippen molar-refractivity contribution in [3.05, 3.63) is 72.2 Å². The lowest BCUT2D eigenvalue weighted by molar-refractivity contribution is 0.614. The Kier molecular flexibility index (Phi) is 4.85. The minimum atomic E-state index is 0.358. The number of hydrogen-bond donors (Lipinski definition) is 3. The second-order valence-electron chi connectivity index (χ2n) is 9.88. The van der Waals surface area contributed by atoms with Gasteiger partial charge in [-0.3, -0.25) is 4.99 Å². The van der Waals surface area contributed by atoms with E-state index in [-0.39, 0.29) is 0 Å². The molecule has 0 bridgehead atoms. The zero-order valence-electron chi connectivity index (χ0n) is 19.3. The Labute approximate surface area is 199 Å². The van der Waals surface area contributed by atoms with Crippen LogP contribution >= 0.6 is 0 Å². The molecule has 3 N–H and O–H groups in total. The van der Waals surface area contributed by atoms with E-state index in [1.807, 2.05) is 0 Å². The van der Waals surface area contributed by atoms with Gasteiger partial charge in [0.2, 0.25) is 0 Å². The summed E-state index contributed by atoms with van der Waals surface area (Å²) in [7, 11) is 0. The number of aromatic nitrogens is 2. The maximum atomic E-state index is 4.82. The first-order chi connectivity index (χ1) is 16.8. The number of imidazole rings is 1. The number of hydrogen-bond acceptors (Lipinski definition) is 4. The molecule has 34 heavy (non-hydrogen) atoms. The summed E-state index contributed by atoms with van der Waals surface area (Å²) in [6.45, 7) is 2.19. The van der Waals surface area contributed by atoms with Crippen LogP contribution in [0.2, 0.25) is 0 Å². The SMILES string of the molecule is C1=C(c2ccc3cc(-c4ccc5nc([C@@H]6CCCN6)[nH]c5c4)ccc3c2)CC([C@@H]2CCCN2)=N1. The van der Waals surface area contributed by atoms with Gasteiger partial charge < -0.3 is 15.6 Å². The normalized spacial score (nSPS) is 22.6. The number of rotatable bonds is 4.